The third-order valence-electron chi connectivity index (χ3n) is 2.94. The van der Waals surface area contributed by atoms with Crippen molar-refractivity contribution in [3.63, 3.8) is 0 Å². The molecule has 15 heavy (non-hydrogen) atoms. The molecule has 0 radical (unpaired) electrons. The van der Waals surface area contributed by atoms with E-state index in [9.17, 15) is 4.79 Å². The van der Waals surface area contributed by atoms with Gasteiger partial charge in [0.15, 0.2) is 0 Å². The molecule has 88 valence electrons. The number of carbonyl (C=O) groups excluding carboxylic acids is 1. The summed E-state index contributed by atoms with van der Waals surface area (Å²) in [5.74, 6) is -0.351. The van der Waals surface area contributed by atoms with Gasteiger partial charge in [-0.25, -0.2) is 0 Å². The molecule has 1 rings (SSSR count). The number of hydrogen-bond acceptors (Lipinski definition) is 4. The lowest BCUT2D eigenvalue weighted by atomic mass is 9.98. The van der Waals surface area contributed by atoms with Gasteiger partial charge in [0.2, 0.25) is 5.91 Å². The normalized spacial score (nSPS) is 25.1. The SMILES string of the molecule is CNC(C)(CCOC1CCOC1)C(N)=O. The maximum Gasteiger partial charge on any atom is 0.237 e. The second kappa shape index (κ2) is 5.44. The minimum atomic E-state index is -0.681. The Kier molecular flexibility index (Phi) is 4.50. The van der Waals surface area contributed by atoms with Crippen LogP contribution in [0.1, 0.15) is 19.8 Å². The summed E-state index contributed by atoms with van der Waals surface area (Å²) in [6, 6.07) is 0. The van der Waals surface area contributed by atoms with Crippen LogP contribution in [0.25, 0.3) is 0 Å². The molecule has 1 heterocycles. The Morgan fingerprint density at radius 3 is 2.93 bits per heavy atom. The van der Waals surface area contributed by atoms with E-state index in [1.165, 1.54) is 0 Å². The van der Waals surface area contributed by atoms with E-state index in [0.29, 0.717) is 19.6 Å². The molecule has 0 spiro atoms. The summed E-state index contributed by atoms with van der Waals surface area (Å²) in [5.41, 5.74) is 4.61. The number of carbonyl (C=O) groups is 1. The highest BCUT2D eigenvalue weighted by atomic mass is 16.5. The average molecular weight is 216 g/mol. The maximum absolute atomic E-state index is 11.2. The van der Waals surface area contributed by atoms with Crippen LogP contribution < -0.4 is 11.1 Å². The first-order valence-electron chi connectivity index (χ1n) is 5.26. The van der Waals surface area contributed by atoms with E-state index in [-0.39, 0.29) is 12.0 Å². The van der Waals surface area contributed by atoms with Gasteiger partial charge in [-0.05, 0) is 26.8 Å². The molecule has 0 aliphatic carbocycles. The molecule has 1 saturated heterocycles. The van der Waals surface area contributed by atoms with E-state index in [2.05, 4.69) is 5.32 Å². The number of primary amides is 1. The van der Waals surface area contributed by atoms with Crippen LogP contribution in [0.4, 0.5) is 0 Å². The van der Waals surface area contributed by atoms with Gasteiger partial charge in [-0.15, -0.1) is 0 Å². The fraction of sp³-hybridized carbons (Fsp3) is 0.900. The van der Waals surface area contributed by atoms with Crippen molar-refractivity contribution in [2.24, 2.45) is 5.73 Å². The summed E-state index contributed by atoms with van der Waals surface area (Å²) < 4.78 is 10.8. The molecule has 3 N–H and O–H groups in total. The Labute approximate surface area is 90.3 Å². The fourth-order valence-electron chi connectivity index (χ4n) is 1.45. The number of nitrogens with two attached hydrogens (primary N) is 1. The summed E-state index contributed by atoms with van der Waals surface area (Å²) in [5, 5.41) is 2.92. The summed E-state index contributed by atoms with van der Waals surface area (Å²) in [6.45, 7) is 3.73. The van der Waals surface area contributed by atoms with Gasteiger partial charge in [0.25, 0.3) is 0 Å². The molecule has 2 atom stereocenters. The van der Waals surface area contributed by atoms with Crippen LogP contribution in [0.2, 0.25) is 0 Å². The molecule has 1 aliphatic rings. The van der Waals surface area contributed by atoms with Crippen LogP contribution in [-0.4, -0.2) is 44.4 Å². The van der Waals surface area contributed by atoms with Gasteiger partial charge in [0.1, 0.15) is 0 Å². The second-order valence-corrected chi connectivity index (χ2v) is 4.05. The molecule has 2 unspecified atom stereocenters. The highest BCUT2D eigenvalue weighted by Gasteiger charge is 2.29. The highest BCUT2D eigenvalue weighted by molar-refractivity contribution is 5.84. The smallest absolute Gasteiger partial charge is 0.237 e. The summed E-state index contributed by atoms with van der Waals surface area (Å²) in [7, 11) is 1.73. The van der Waals surface area contributed by atoms with Gasteiger partial charge in [-0.2, -0.15) is 0 Å². The Morgan fingerprint density at radius 1 is 1.73 bits per heavy atom. The summed E-state index contributed by atoms with van der Waals surface area (Å²) >= 11 is 0. The van der Waals surface area contributed by atoms with E-state index >= 15 is 0 Å². The Hall–Kier alpha value is -0.650. The van der Waals surface area contributed by atoms with Crippen LogP contribution in [-0.2, 0) is 14.3 Å². The lowest BCUT2D eigenvalue weighted by molar-refractivity contribution is -0.124. The largest absolute Gasteiger partial charge is 0.379 e. The zero-order valence-electron chi connectivity index (χ0n) is 9.41. The summed E-state index contributed by atoms with van der Waals surface area (Å²) in [6.07, 6.45) is 1.70. The van der Waals surface area contributed by atoms with E-state index < -0.39 is 5.54 Å². The second-order valence-electron chi connectivity index (χ2n) is 4.05. The van der Waals surface area contributed by atoms with Crippen LogP contribution in [0.15, 0.2) is 0 Å². The first-order chi connectivity index (χ1) is 7.08. The van der Waals surface area contributed by atoms with Crippen molar-refractivity contribution >= 4 is 5.91 Å². The number of amides is 1. The van der Waals surface area contributed by atoms with Gasteiger partial charge in [0, 0.05) is 13.2 Å². The molecule has 0 aromatic heterocycles. The molecular weight excluding hydrogens is 196 g/mol. The first-order valence-corrected chi connectivity index (χ1v) is 5.26. The molecule has 0 bridgehead atoms. The molecule has 0 saturated carbocycles. The van der Waals surface area contributed by atoms with Gasteiger partial charge >= 0.3 is 0 Å². The topological polar surface area (TPSA) is 73.6 Å². The average Bonchev–Trinajstić information content (AvgIpc) is 2.70. The third kappa shape index (κ3) is 3.44. The lowest BCUT2D eigenvalue weighted by Gasteiger charge is -2.25. The summed E-state index contributed by atoms with van der Waals surface area (Å²) in [4.78, 5) is 11.2. The van der Waals surface area contributed by atoms with Crippen molar-refractivity contribution in [1.29, 1.82) is 0 Å². The molecule has 1 aliphatic heterocycles. The molecule has 5 heteroatoms. The zero-order valence-corrected chi connectivity index (χ0v) is 9.41. The third-order valence-corrected chi connectivity index (χ3v) is 2.94. The maximum atomic E-state index is 11.2. The van der Waals surface area contributed by atoms with Crippen LogP contribution in [0.3, 0.4) is 0 Å². The van der Waals surface area contributed by atoms with E-state index in [1.54, 1.807) is 14.0 Å². The number of ether oxygens (including phenoxy) is 2. The first kappa shape index (κ1) is 12.4. The lowest BCUT2D eigenvalue weighted by Crippen LogP contribution is -2.52. The van der Waals surface area contributed by atoms with E-state index in [0.717, 1.165) is 13.0 Å². The Balaban J connectivity index is 2.25. The van der Waals surface area contributed by atoms with Crippen molar-refractivity contribution in [3.8, 4) is 0 Å². The van der Waals surface area contributed by atoms with Gasteiger partial charge in [-0.3, -0.25) is 4.79 Å². The van der Waals surface area contributed by atoms with E-state index in [4.69, 9.17) is 15.2 Å². The van der Waals surface area contributed by atoms with Gasteiger partial charge < -0.3 is 20.5 Å². The minimum absolute atomic E-state index is 0.180. The highest BCUT2D eigenvalue weighted by Crippen LogP contribution is 2.12. The number of nitrogens with one attached hydrogen (secondary N) is 1. The molecule has 0 aromatic carbocycles. The molecule has 5 nitrogen and oxygen atoms in total. The van der Waals surface area contributed by atoms with Crippen LogP contribution >= 0.6 is 0 Å². The van der Waals surface area contributed by atoms with Gasteiger partial charge in [0.05, 0.1) is 18.2 Å². The predicted molar refractivity (Wildman–Crippen MR) is 56.5 cm³/mol. The monoisotopic (exact) mass is 216 g/mol. The Bertz CT molecular complexity index is 217. The molecule has 1 amide bonds. The van der Waals surface area contributed by atoms with Crippen LogP contribution in [0, 0.1) is 0 Å². The number of rotatable bonds is 6. The number of likely N-dealkylation sites (N-methyl/N-ethyl adjacent to an activating group) is 1. The predicted octanol–water partition coefficient (Wildman–Crippen LogP) is -0.355. The minimum Gasteiger partial charge on any atom is -0.379 e. The van der Waals surface area contributed by atoms with Crippen molar-refractivity contribution < 1.29 is 14.3 Å². The fourth-order valence-corrected chi connectivity index (χ4v) is 1.45. The quantitative estimate of drug-likeness (QED) is 0.636. The number of hydrogen-bond donors (Lipinski definition) is 2. The van der Waals surface area contributed by atoms with Gasteiger partial charge in [-0.1, -0.05) is 0 Å². The Morgan fingerprint density at radius 2 is 2.47 bits per heavy atom. The van der Waals surface area contributed by atoms with Crippen LogP contribution in [0.5, 0.6) is 0 Å². The van der Waals surface area contributed by atoms with E-state index in [1.807, 2.05) is 0 Å². The molecule has 0 aromatic rings. The van der Waals surface area contributed by atoms with Crippen molar-refractivity contribution in [3.05, 3.63) is 0 Å². The standard InChI is InChI=1S/C10H20N2O3/c1-10(12-2,9(11)13)4-6-15-8-3-5-14-7-8/h8,12H,3-7H2,1-2H3,(H2,11,13). The molecule has 1 fully saturated rings. The van der Waals surface area contributed by atoms with Crippen molar-refractivity contribution in [2.45, 2.75) is 31.4 Å². The zero-order chi connectivity index (χ0) is 11.3. The van der Waals surface area contributed by atoms with Crippen molar-refractivity contribution in [2.75, 3.05) is 26.9 Å². The van der Waals surface area contributed by atoms with Crippen molar-refractivity contribution in [1.82, 2.24) is 5.32 Å². The molecular formula is C10H20N2O3.